The summed E-state index contributed by atoms with van der Waals surface area (Å²) in [5.41, 5.74) is 0. The molecule has 5 atom stereocenters. The number of esters is 4. The zero-order valence-electron chi connectivity index (χ0n) is 57.2. The average Bonchev–Trinajstić information content (AvgIpc) is 3.45. The first kappa shape index (κ1) is 86.1. The topological polar surface area (TPSA) is 237 Å². The lowest BCUT2D eigenvalue weighted by Gasteiger charge is -2.21. The summed E-state index contributed by atoms with van der Waals surface area (Å²) < 4.78 is 68.2. The number of carbonyl (C=O) groups is 4. The van der Waals surface area contributed by atoms with Gasteiger partial charge >= 0.3 is 39.5 Å². The third kappa shape index (κ3) is 62.8. The van der Waals surface area contributed by atoms with E-state index in [0.29, 0.717) is 25.7 Å². The van der Waals surface area contributed by atoms with Gasteiger partial charge in [0.25, 0.3) is 0 Å². The minimum absolute atomic E-state index is 0.104. The van der Waals surface area contributed by atoms with E-state index in [4.69, 9.17) is 37.0 Å². The van der Waals surface area contributed by atoms with Crippen molar-refractivity contribution in [3.05, 3.63) is 0 Å². The van der Waals surface area contributed by atoms with E-state index in [-0.39, 0.29) is 25.7 Å². The van der Waals surface area contributed by atoms with Crippen LogP contribution in [0.1, 0.15) is 344 Å². The van der Waals surface area contributed by atoms with Crippen LogP contribution in [0.2, 0.25) is 0 Å². The van der Waals surface area contributed by atoms with E-state index in [1.165, 1.54) is 154 Å². The second-order valence-corrected chi connectivity index (χ2v) is 29.3. The van der Waals surface area contributed by atoms with E-state index in [1.807, 2.05) is 0 Å². The maximum atomic E-state index is 13.0. The van der Waals surface area contributed by atoms with Gasteiger partial charge in [-0.3, -0.25) is 37.3 Å². The molecule has 522 valence electrons. The van der Waals surface area contributed by atoms with Gasteiger partial charge in [0, 0.05) is 25.7 Å². The second kappa shape index (κ2) is 60.0. The SMILES string of the molecule is CCCCCCCCCCCC(=O)OC[C@H](COP(=O)(O)OC[C@H](O)COP(=O)(O)OC[C@@H](COC(=O)CCCCCCCCCCC(C)C)OC(=O)CCCCCCCCCCCCCCCCC(C)C)OC(=O)CCCCCCCCCCC(C)C. The van der Waals surface area contributed by atoms with Gasteiger partial charge in [0.1, 0.15) is 19.3 Å². The molecule has 0 aliphatic carbocycles. The fourth-order valence-electron chi connectivity index (χ4n) is 10.4. The van der Waals surface area contributed by atoms with Crippen LogP contribution in [0.5, 0.6) is 0 Å². The molecule has 0 aromatic rings. The number of rotatable bonds is 67. The molecule has 88 heavy (non-hydrogen) atoms. The first-order valence-corrected chi connectivity index (χ1v) is 38.8. The molecular weight excluding hydrogens is 1160 g/mol. The molecule has 17 nitrogen and oxygen atoms in total. The largest absolute Gasteiger partial charge is 0.472 e. The molecule has 0 amide bonds. The van der Waals surface area contributed by atoms with Gasteiger partial charge in [-0.25, -0.2) is 9.13 Å². The summed E-state index contributed by atoms with van der Waals surface area (Å²) in [6.07, 6.45) is 43.1. The predicted molar refractivity (Wildman–Crippen MR) is 354 cm³/mol. The number of hydrogen-bond donors (Lipinski definition) is 3. The van der Waals surface area contributed by atoms with Gasteiger partial charge < -0.3 is 33.8 Å². The van der Waals surface area contributed by atoms with Gasteiger partial charge in [-0.05, 0) is 43.4 Å². The summed E-state index contributed by atoms with van der Waals surface area (Å²) in [5.74, 6) is 0.109. The number of ether oxygens (including phenoxy) is 4. The molecule has 2 unspecified atom stereocenters. The van der Waals surface area contributed by atoms with Crippen LogP contribution in [0.3, 0.4) is 0 Å². The standard InChI is InChI=1S/C69H134O17P2/c1-8-9-10-11-12-19-29-36-43-50-66(71)79-56-65(86-69(74)53-46-39-32-25-23-28-35-42-49-62(6)7)59-84-88(77,78)82-55-63(70)54-81-87(75,76)83-58-64(57-80-67(72)51-44-37-30-24-22-27-34-41-48-61(4)5)85-68(73)52-45-38-31-21-18-16-14-13-15-17-20-26-33-40-47-60(2)3/h60-65,70H,8-59H2,1-7H3,(H,75,76)(H,77,78)/t63-,64-,65-/m1/s1. The van der Waals surface area contributed by atoms with Crippen molar-refractivity contribution in [3.63, 3.8) is 0 Å². The van der Waals surface area contributed by atoms with Crippen LogP contribution in [0, 0.1) is 17.8 Å². The Balaban J connectivity index is 5.22. The normalized spacial score (nSPS) is 14.2. The van der Waals surface area contributed by atoms with Crippen molar-refractivity contribution in [3.8, 4) is 0 Å². The molecule has 0 aromatic heterocycles. The highest BCUT2D eigenvalue weighted by Crippen LogP contribution is 2.45. The van der Waals surface area contributed by atoms with Crippen molar-refractivity contribution in [2.75, 3.05) is 39.6 Å². The van der Waals surface area contributed by atoms with Crippen LogP contribution in [0.15, 0.2) is 0 Å². The molecule has 0 spiro atoms. The number of unbranched alkanes of at least 4 members (excludes halogenated alkanes) is 35. The molecule has 19 heteroatoms. The summed E-state index contributed by atoms with van der Waals surface area (Å²) in [7, 11) is -9.90. The summed E-state index contributed by atoms with van der Waals surface area (Å²) >= 11 is 0. The quantitative estimate of drug-likeness (QED) is 0.0222. The zero-order chi connectivity index (χ0) is 65.2. The van der Waals surface area contributed by atoms with E-state index in [1.54, 1.807) is 0 Å². The molecule has 0 bridgehead atoms. The summed E-state index contributed by atoms with van der Waals surface area (Å²) in [6.45, 7) is 11.8. The summed E-state index contributed by atoms with van der Waals surface area (Å²) in [6, 6.07) is 0. The first-order chi connectivity index (χ1) is 42.2. The fraction of sp³-hybridized carbons (Fsp3) is 0.942. The van der Waals surface area contributed by atoms with Crippen LogP contribution < -0.4 is 0 Å². The lowest BCUT2D eigenvalue weighted by molar-refractivity contribution is -0.161. The number of aliphatic hydroxyl groups excluding tert-OH is 1. The fourth-order valence-corrected chi connectivity index (χ4v) is 11.9. The second-order valence-electron chi connectivity index (χ2n) is 26.3. The molecule has 0 saturated carbocycles. The van der Waals surface area contributed by atoms with Crippen LogP contribution in [0.25, 0.3) is 0 Å². The number of carbonyl (C=O) groups excluding carboxylic acids is 4. The third-order valence-corrected chi connectivity index (χ3v) is 17.8. The van der Waals surface area contributed by atoms with Gasteiger partial charge in [-0.15, -0.1) is 0 Å². The molecule has 0 heterocycles. The smallest absolute Gasteiger partial charge is 0.462 e. The lowest BCUT2D eigenvalue weighted by atomic mass is 10.0. The van der Waals surface area contributed by atoms with Gasteiger partial charge in [0.05, 0.1) is 26.4 Å². The Morgan fingerprint density at radius 1 is 0.307 bits per heavy atom. The van der Waals surface area contributed by atoms with Crippen molar-refractivity contribution in [2.45, 2.75) is 362 Å². The summed E-state index contributed by atoms with van der Waals surface area (Å²) in [5, 5.41) is 10.6. The van der Waals surface area contributed by atoms with Crippen LogP contribution >= 0.6 is 15.6 Å². The van der Waals surface area contributed by atoms with E-state index >= 15 is 0 Å². The number of phosphoric ester groups is 2. The molecule has 0 aromatic carbocycles. The molecule has 0 fully saturated rings. The van der Waals surface area contributed by atoms with Crippen LogP contribution in [-0.4, -0.2) is 96.7 Å². The van der Waals surface area contributed by atoms with Crippen molar-refractivity contribution in [2.24, 2.45) is 17.8 Å². The average molecular weight is 1300 g/mol. The molecule has 3 N–H and O–H groups in total. The van der Waals surface area contributed by atoms with Crippen molar-refractivity contribution in [1.82, 2.24) is 0 Å². The van der Waals surface area contributed by atoms with E-state index < -0.39 is 97.5 Å². The van der Waals surface area contributed by atoms with Crippen molar-refractivity contribution >= 4 is 39.5 Å². The monoisotopic (exact) mass is 1300 g/mol. The van der Waals surface area contributed by atoms with Crippen LogP contribution in [-0.2, 0) is 65.4 Å². The van der Waals surface area contributed by atoms with E-state index in [9.17, 15) is 43.2 Å². The van der Waals surface area contributed by atoms with Gasteiger partial charge in [0.2, 0.25) is 0 Å². The van der Waals surface area contributed by atoms with E-state index in [0.717, 1.165) is 108 Å². The maximum absolute atomic E-state index is 13.0. The number of phosphoric acid groups is 2. The minimum atomic E-state index is -4.95. The minimum Gasteiger partial charge on any atom is -0.462 e. The van der Waals surface area contributed by atoms with Crippen molar-refractivity contribution in [1.29, 1.82) is 0 Å². The van der Waals surface area contributed by atoms with Crippen molar-refractivity contribution < 1.29 is 80.2 Å². The van der Waals surface area contributed by atoms with Gasteiger partial charge in [-0.2, -0.15) is 0 Å². The van der Waals surface area contributed by atoms with E-state index in [2.05, 4.69) is 48.5 Å². The molecular formula is C69H134O17P2. The Kier molecular flexibility index (Phi) is 58.7. The third-order valence-electron chi connectivity index (χ3n) is 15.9. The first-order valence-electron chi connectivity index (χ1n) is 35.8. The summed E-state index contributed by atoms with van der Waals surface area (Å²) in [4.78, 5) is 72.4. The Bertz CT molecular complexity index is 1730. The Hall–Kier alpha value is -1.94. The lowest BCUT2D eigenvalue weighted by Crippen LogP contribution is -2.30. The Morgan fingerprint density at radius 3 is 0.773 bits per heavy atom. The highest BCUT2D eigenvalue weighted by Gasteiger charge is 2.30. The van der Waals surface area contributed by atoms with Crippen LogP contribution in [0.4, 0.5) is 0 Å². The Morgan fingerprint density at radius 2 is 0.523 bits per heavy atom. The maximum Gasteiger partial charge on any atom is 0.472 e. The number of hydrogen-bond acceptors (Lipinski definition) is 15. The molecule has 0 radical (unpaired) electrons. The molecule has 0 aliphatic heterocycles. The Labute approximate surface area is 537 Å². The number of aliphatic hydroxyl groups is 1. The molecule has 0 saturated heterocycles. The predicted octanol–water partition coefficient (Wildman–Crippen LogP) is 19.5. The molecule has 0 rings (SSSR count). The highest BCUT2D eigenvalue weighted by molar-refractivity contribution is 7.47. The zero-order valence-corrected chi connectivity index (χ0v) is 59.0. The highest BCUT2D eigenvalue weighted by atomic mass is 31.2. The van der Waals surface area contributed by atoms with Gasteiger partial charge in [0.15, 0.2) is 12.2 Å². The van der Waals surface area contributed by atoms with Gasteiger partial charge in [-0.1, -0.05) is 292 Å². The molecule has 0 aliphatic rings.